The van der Waals surface area contributed by atoms with Crippen LogP contribution in [0.5, 0.6) is 0 Å². The van der Waals surface area contributed by atoms with Gasteiger partial charge in [-0.1, -0.05) is 12.1 Å². The van der Waals surface area contributed by atoms with E-state index in [1.54, 1.807) is 18.0 Å². The fourth-order valence-corrected chi connectivity index (χ4v) is 2.76. The predicted octanol–water partition coefficient (Wildman–Crippen LogP) is 2.26. The third kappa shape index (κ3) is 3.05. The lowest BCUT2D eigenvalue weighted by Crippen LogP contribution is -2.52. The Balaban J connectivity index is 2.19. The van der Waals surface area contributed by atoms with Crippen LogP contribution in [0.1, 0.15) is 38.3 Å². The summed E-state index contributed by atoms with van der Waals surface area (Å²) in [6.07, 6.45) is 1.80. The Kier molecular flexibility index (Phi) is 4.27. The van der Waals surface area contributed by atoms with Crippen LogP contribution in [0, 0.1) is 10.1 Å². The number of non-ortho nitro benzene ring substituents is 1. The third-order valence-electron chi connectivity index (χ3n) is 4.31. The van der Waals surface area contributed by atoms with Crippen molar-refractivity contribution in [2.75, 3.05) is 13.6 Å². The number of nitro groups is 1. The average molecular weight is 291 g/mol. The maximum absolute atomic E-state index is 12.6. The molecule has 6 nitrogen and oxygen atoms in total. The second-order valence-corrected chi connectivity index (χ2v) is 5.81. The molecule has 2 atom stereocenters. The Morgan fingerprint density at radius 3 is 2.81 bits per heavy atom. The summed E-state index contributed by atoms with van der Waals surface area (Å²) in [5.74, 6) is 0.0269. The van der Waals surface area contributed by atoms with E-state index < -0.39 is 10.5 Å². The fraction of sp³-hybridized carbons (Fsp3) is 0.533. The maximum atomic E-state index is 12.6. The van der Waals surface area contributed by atoms with Gasteiger partial charge in [-0.2, -0.15) is 0 Å². The molecule has 1 amide bonds. The molecular formula is C15H21N3O3. The molecule has 1 aliphatic heterocycles. The topological polar surface area (TPSA) is 75.5 Å². The first-order chi connectivity index (χ1) is 9.85. The van der Waals surface area contributed by atoms with E-state index in [4.69, 9.17) is 0 Å². The molecule has 21 heavy (non-hydrogen) atoms. The quantitative estimate of drug-likeness (QED) is 0.682. The van der Waals surface area contributed by atoms with Gasteiger partial charge < -0.3 is 10.2 Å². The minimum absolute atomic E-state index is 0.0269. The molecule has 0 aliphatic carbocycles. The molecule has 114 valence electrons. The van der Waals surface area contributed by atoms with Crippen LogP contribution in [0.25, 0.3) is 0 Å². The molecule has 2 unspecified atom stereocenters. The van der Waals surface area contributed by atoms with Gasteiger partial charge in [0.25, 0.3) is 5.69 Å². The van der Waals surface area contributed by atoms with E-state index in [0.717, 1.165) is 24.9 Å². The molecule has 1 aliphatic rings. The van der Waals surface area contributed by atoms with Gasteiger partial charge in [-0.3, -0.25) is 14.9 Å². The largest absolute Gasteiger partial charge is 0.337 e. The van der Waals surface area contributed by atoms with Gasteiger partial charge in [-0.15, -0.1) is 0 Å². The molecule has 0 saturated carbocycles. The SMILES string of the molecule is CC(c1cccc([N+](=O)[O-])c1)N(C)C(=O)C1(C)CCCN1. The van der Waals surface area contributed by atoms with Crippen molar-refractivity contribution in [2.24, 2.45) is 0 Å². The molecule has 6 heteroatoms. The number of carbonyl (C=O) groups excluding carboxylic acids is 1. The van der Waals surface area contributed by atoms with Crippen LogP contribution in [-0.2, 0) is 4.79 Å². The maximum Gasteiger partial charge on any atom is 0.269 e. The highest BCUT2D eigenvalue weighted by atomic mass is 16.6. The summed E-state index contributed by atoms with van der Waals surface area (Å²) >= 11 is 0. The number of nitro benzene ring substituents is 1. The van der Waals surface area contributed by atoms with Crippen LogP contribution in [0.4, 0.5) is 5.69 Å². The standard InChI is InChI=1S/C15H21N3O3/c1-11(12-6-4-7-13(10-12)18(20)21)17(3)14(19)15(2)8-5-9-16-15/h4,6-7,10-11,16H,5,8-9H2,1-3H3. The smallest absolute Gasteiger partial charge is 0.269 e. The second-order valence-electron chi connectivity index (χ2n) is 5.81. The van der Waals surface area contributed by atoms with Gasteiger partial charge in [0.1, 0.15) is 0 Å². The highest BCUT2D eigenvalue weighted by Crippen LogP contribution is 2.27. The van der Waals surface area contributed by atoms with Crippen molar-refractivity contribution in [2.45, 2.75) is 38.3 Å². The molecule has 1 fully saturated rings. The van der Waals surface area contributed by atoms with Gasteiger partial charge in [-0.25, -0.2) is 0 Å². The summed E-state index contributed by atoms with van der Waals surface area (Å²) in [5, 5.41) is 14.1. The number of carbonyl (C=O) groups is 1. The Hall–Kier alpha value is -1.95. The summed E-state index contributed by atoms with van der Waals surface area (Å²) < 4.78 is 0. The monoisotopic (exact) mass is 291 g/mol. The van der Waals surface area contributed by atoms with E-state index in [9.17, 15) is 14.9 Å². The summed E-state index contributed by atoms with van der Waals surface area (Å²) in [6, 6.07) is 6.23. The summed E-state index contributed by atoms with van der Waals surface area (Å²) in [7, 11) is 1.75. The zero-order valence-corrected chi connectivity index (χ0v) is 12.6. The van der Waals surface area contributed by atoms with Gasteiger partial charge in [0, 0.05) is 19.2 Å². The minimum atomic E-state index is -0.524. The second kappa shape index (κ2) is 5.81. The Morgan fingerprint density at radius 1 is 1.52 bits per heavy atom. The molecule has 0 radical (unpaired) electrons. The number of nitrogens with zero attached hydrogens (tertiary/aromatic N) is 2. The first-order valence-electron chi connectivity index (χ1n) is 7.12. The zero-order valence-electron chi connectivity index (χ0n) is 12.6. The average Bonchev–Trinajstić information content (AvgIpc) is 2.93. The van der Waals surface area contributed by atoms with Crippen molar-refractivity contribution >= 4 is 11.6 Å². The molecule has 2 rings (SSSR count). The number of likely N-dealkylation sites (N-methyl/N-ethyl adjacent to an activating group) is 1. The molecule has 1 N–H and O–H groups in total. The summed E-state index contributed by atoms with van der Waals surface area (Å²) in [5.41, 5.74) is 0.288. The number of benzene rings is 1. The first-order valence-corrected chi connectivity index (χ1v) is 7.12. The van der Waals surface area contributed by atoms with Crippen LogP contribution in [0.2, 0.25) is 0 Å². The van der Waals surface area contributed by atoms with Crippen molar-refractivity contribution in [3.8, 4) is 0 Å². The number of rotatable bonds is 4. The van der Waals surface area contributed by atoms with E-state index in [0.29, 0.717) is 0 Å². The predicted molar refractivity (Wildman–Crippen MR) is 79.9 cm³/mol. The van der Waals surface area contributed by atoms with Crippen molar-refractivity contribution in [1.82, 2.24) is 10.2 Å². The summed E-state index contributed by atoms with van der Waals surface area (Å²) in [6.45, 7) is 4.65. The van der Waals surface area contributed by atoms with Gasteiger partial charge >= 0.3 is 0 Å². The van der Waals surface area contributed by atoms with E-state index >= 15 is 0 Å². The Labute approximate surface area is 124 Å². The van der Waals surface area contributed by atoms with E-state index in [2.05, 4.69) is 5.32 Å². The number of nitrogens with one attached hydrogen (secondary N) is 1. The zero-order chi connectivity index (χ0) is 15.6. The van der Waals surface area contributed by atoms with Crippen molar-refractivity contribution in [3.63, 3.8) is 0 Å². The van der Waals surface area contributed by atoms with Gasteiger partial charge in [0.15, 0.2) is 0 Å². The van der Waals surface area contributed by atoms with Crippen molar-refractivity contribution in [3.05, 3.63) is 39.9 Å². The lowest BCUT2D eigenvalue weighted by atomic mass is 9.96. The van der Waals surface area contributed by atoms with Crippen LogP contribution < -0.4 is 5.32 Å². The lowest BCUT2D eigenvalue weighted by molar-refractivity contribution is -0.384. The first kappa shape index (κ1) is 15.4. The van der Waals surface area contributed by atoms with Gasteiger partial charge in [-0.05, 0) is 38.8 Å². The number of hydrogen-bond donors (Lipinski definition) is 1. The Morgan fingerprint density at radius 2 is 2.24 bits per heavy atom. The number of hydrogen-bond acceptors (Lipinski definition) is 4. The highest BCUT2D eigenvalue weighted by Gasteiger charge is 2.39. The van der Waals surface area contributed by atoms with E-state index in [1.165, 1.54) is 12.1 Å². The third-order valence-corrected chi connectivity index (χ3v) is 4.31. The van der Waals surface area contributed by atoms with Crippen LogP contribution >= 0.6 is 0 Å². The molecule has 0 aromatic heterocycles. The normalized spacial score (nSPS) is 22.8. The Bertz CT molecular complexity index is 553. The van der Waals surface area contributed by atoms with E-state index in [-0.39, 0.29) is 17.6 Å². The molecular weight excluding hydrogens is 270 g/mol. The van der Waals surface area contributed by atoms with Gasteiger partial charge in [0.2, 0.25) is 5.91 Å². The molecule has 0 spiro atoms. The molecule has 1 saturated heterocycles. The van der Waals surface area contributed by atoms with Gasteiger partial charge in [0.05, 0.1) is 16.5 Å². The van der Waals surface area contributed by atoms with Crippen molar-refractivity contribution in [1.29, 1.82) is 0 Å². The molecule has 1 aromatic rings. The number of amides is 1. The molecule has 1 heterocycles. The minimum Gasteiger partial charge on any atom is -0.337 e. The molecule has 0 bridgehead atoms. The fourth-order valence-electron chi connectivity index (χ4n) is 2.76. The summed E-state index contributed by atoms with van der Waals surface area (Å²) in [4.78, 5) is 24.7. The molecule has 1 aromatic carbocycles. The van der Waals surface area contributed by atoms with Crippen LogP contribution in [0.15, 0.2) is 24.3 Å². The van der Waals surface area contributed by atoms with Crippen molar-refractivity contribution < 1.29 is 9.72 Å². The van der Waals surface area contributed by atoms with E-state index in [1.807, 2.05) is 19.9 Å². The van der Waals surface area contributed by atoms with Crippen LogP contribution in [0.3, 0.4) is 0 Å². The lowest BCUT2D eigenvalue weighted by Gasteiger charge is -2.33. The highest BCUT2D eigenvalue weighted by molar-refractivity contribution is 5.86. The van der Waals surface area contributed by atoms with Crippen LogP contribution in [-0.4, -0.2) is 34.9 Å².